The standard InChI is InChI=1S/C26H30FN3O5/c27-21-14-19(28-22-8-9-24(31)29-25(22)32)6-7-20(21)18-10-12-30(13-11-18)23(26(33)34)16-35-15-17-4-2-1-3-5-17/h1-7,14,18,22-23,28H,8-13,15-16H2,(H,33,34)(H,29,31,32)/t22-,23-/m0/s1. The predicted molar refractivity (Wildman–Crippen MR) is 127 cm³/mol. The number of hydrogen-bond acceptors (Lipinski definition) is 6. The zero-order valence-electron chi connectivity index (χ0n) is 19.4. The number of imide groups is 1. The summed E-state index contributed by atoms with van der Waals surface area (Å²) in [5.74, 6) is -2.00. The van der Waals surface area contributed by atoms with Gasteiger partial charge in [0, 0.05) is 12.1 Å². The lowest BCUT2D eigenvalue weighted by Crippen LogP contribution is -2.48. The second-order valence-corrected chi connectivity index (χ2v) is 9.05. The fourth-order valence-corrected chi connectivity index (χ4v) is 4.70. The summed E-state index contributed by atoms with van der Waals surface area (Å²) >= 11 is 0. The van der Waals surface area contributed by atoms with Crippen molar-refractivity contribution in [3.8, 4) is 0 Å². The quantitative estimate of drug-likeness (QED) is 0.471. The largest absolute Gasteiger partial charge is 0.480 e. The Kier molecular flexibility index (Phi) is 8.09. The first-order valence-corrected chi connectivity index (χ1v) is 11.9. The van der Waals surface area contributed by atoms with Crippen molar-refractivity contribution < 1.29 is 28.6 Å². The SMILES string of the molecule is O=C1CC[C@H](Nc2ccc(C3CCN([C@@H](COCc4ccccc4)C(=O)O)CC3)c(F)c2)C(=O)N1. The number of nitrogens with zero attached hydrogens (tertiary/aromatic N) is 1. The summed E-state index contributed by atoms with van der Waals surface area (Å²) in [6, 6.07) is 13.1. The molecule has 2 amide bonds. The lowest BCUT2D eigenvalue weighted by atomic mass is 9.88. The summed E-state index contributed by atoms with van der Waals surface area (Å²) in [6.07, 6.45) is 1.89. The second kappa shape index (κ2) is 11.4. The molecule has 0 aromatic heterocycles. The number of benzene rings is 2. The van der Waals surface area contributed by atoms with Crippen molar-refractivity contribution in [1.29, 1.82) is 0 Å². The number of hydrogen-bond donors (Lipinski definition) is 3. The molecular formula is C26H30FN3O5. The molecule has 8 nitrogen and oxygen atoms in total. The van der Waals surface area contributed by atoms with Gasteiger partial charge < -0.3 is 15.2 Å². The van der Waals surface area contributed by atoms with Crippen molar-refractivity contribution in [2.45, 2.75) is 50.3 Å². The first-order valence-electron chi connectivity index (χ1n) is 11.9. The van der Waals surface area contributed by atoms with E-state index >= 15 is 0 Å². The maximum absolute atomic E-state index is 14.9. The van der Waals surface area contributed by atoms with Crippen LogP contribution < -0.4 is 10.6 Å². The number of carboxylic acids is 1. The third-order valence-corrected chi connectivity index (χ3v) is 6.66. The van der Waals surface area contributed by atoms with Crippen LogP contribution in [0.3, 0.4) is 0 Å². The van der Waals surface area contributed by atoms with Gasteiger partial charge >= 0.3 is 5.97 Å². The molecule has 9 heteroatoms. The fourth-order valence-electron chi connectivity index (χ4n) is 4.70. The number of halogens is 1. The van der Waals surface area contributed by atoms with Crippen LogP contribution in [-0.4, -0.2) is 59.6 Å². The van der Waals surface area contributed by atoms with Gasteiger partial charge in [0.1, 0.15) is 17.9 Å². The average Bonchev–Trinajstić information content (AvgIpc) is 2.84. The average molecular weight is 484 g/mol. The molecule has 186 valence electrons. The highest BCUT2D eigenvalue weighted by atomic mass is 19.1. The predicted octanol–water partition coefficient (Wildman–Crippen LogP) is 2.89. The van der Waals surface area contributed by atoms with E-state index in [9.17, 15) is 23.9 Å². The Hall–Kier alpha value is -3.30. The molecule has 35 heavy (non-hydrogen) atoms. The van der Waals surface area contributed by atoms with Gasteiger partial charge in [0.2, 0.25) is 11.8 Å². The molecule has 0 spiro atoms. The van der Waals surface area contributed by atoms with Crippen LogP contribution >= 0.6 is 0 Å². The Balaban J connectivity index is 1.30. The van der Waals surface area contributed by atoms with Crippen molar-refractivity contribution in [2.24, 2.45) is 0 Å². The summed E-state index contributed by atoms with van der Waals surface area (Å²) in [4.78, 5) is 37.0. The molecule has 0 radical (unpaired) electrons. The Morgan fingerprint density at radius 3 is 2.54 bits per heavy atom. The van der Waals surface area contributed by atoms with Crippen LogP contribution in [0.2, 0.25) is 0 Å². The number of piperidine rings is 2. The summed E-state index contributed by atoms with van der Waals surface area (Å²) in [5, 5.41) is 15.0. The minimum absolute atomic E-state index is 0.0180. The van der Waals surface area contributed by atoms with Crippen LogP contribution in [0.25, 0.3) is 0 Å². The number of carbonyl (C=O) groups excluding carboxylic acids is 2. The van der Waals surface area contributed by atoms with E-state index in [1.54, 1.807) is 12.1 Å². The molecular weight excluding hydrogens is 453 g/mol. The van der Waals surface area contributed by atoms with Crippen molar-refractivity contribution in [3.05, 3.63) is 65.5 Å². The monoisotopic (exact) mass is 483 g/mol. The summed E-state index contributed by atoms with van der Waals surface area (Å²) in [6.45, 7) is 1.51. The smallest absolute Gasteiger partial charge is 0.323 e. The molecule has 2 aromatic rings. The minimum atomic E-state index is -0.924. The van der Waals surface area contributed by atoms with Gasteiger partial charge in [-0.05, 0) is 61.5 Å². The number of carbonyl (C=O) groups is 3. The number of ether oxygens (including phenoxy) is 1. The summed E-state index contributed by atoms with van der Waals surface area (Å²) < 4.78 is 20.6. The van der Waals surface area contributed by atoms with Crippen LogP contribution in [0.5, 0.6) is 0 Å². The van der Waals surface area contributed by atoms with E-state index in [1.807, 2.05) is 35.2 Å². The highest BCUT2D eigenvalue weighted by Gasteiger charge is 2.31. The Labute approximate surface area is 203 Å². The third-order valence-electron chi connectivity index (χ3n) is 6.66. The number of aliphatic carboxylic acids is 1. The van der Waals surface area contributed by atoms with E-state index in [0.29, 0.717) is 50.2 Å². The summed E-state index contributed by atoms with van der Waals surface area (Å²) in [5.41, 5.74) is 2.06. The molecule has 2 saturated heterocycles. The fraction of sp³-hybridized carbons (Fsp3) is 0.423. The molecule has 2 fully saturated rings. The van der Waals surface area contributed by atoms with Gasteiger partial charge in [0.05, 0.1) is 13.2 Å². The van der Waals surface area contributed by atoms with Gasteiger partial charge in [-0.2, -0.15) is 0 Å². The van der Waals surface area contributed by atoms with Crippen LogP contribution in [0.4, 0.5) is 10.1 Å². The number of amides is 2. The Bertz CT molecular complexity index is 1060. The van der Waals surface area contributed by atoms with Gasteiger partial charge in [-0.15, -0.1) is 0 Å². The molecule has 2 aromatic carbocycles. The third kappa shape index (κ3) is 6.43. The topological polar surface area (TPSA) is 108 Å². The van der Waals surface area contributed by atoms with E-state index < -0.39 is 24.0 Å². The molecule has 3 N–H and O–H groups in total. The van der Waals surface area contributed by atoms with Crippen LogP contribution in [-0.2, 0) is 25.7 Å². The first-order chi connectivity index (χ1) is 16.9. The lowest BCUT2D eigenvalue weighted by molar-refractivity contribution is -0.146. The second-order valence-electron chi connectivity index (χ2n) is 9.05. The van der Waals surface area contributed by atoms with Gasteiger partial charge in [-0.1, -0.05) is 36.4 Å². The molecule has 0 saturated carbocycles. The van der Waals surface area contributed by atoms with Crippen LogP contribution in [0, 0.1) is 5.82 Å². The van der Waals surface area contributed by atoms with Crippen molar-refractivity contribution in [2.75, 3.05) is 25.0 Å². The molecule has 2 aliphatic rings. The Morgan fingerprint density at radius 1 is 1.14 bits per heavy atom. The van der Waals surface area contributed by atoms with Crippen molar-refractivity contribution in [3.63, 3.8) is 0 Å². The van der Waals surface area contributed by atoms with E-state index in [4.69, 9.17) is 4.74 Å². The van der Waals surface area contributed by atoms with Crippen LogP contribution in [0.1, 0.15) is 42.7 Å². The van der Waals surface area contributed by atoms with Gasteiger partial charge in [0.25, 0.3) is 0 Å². The maximum Gasteiger partial charge on any atom is 0.323 e. The molecule has 0 unspecified atom stereocenters. The molecule has 2 aliphatic heterocycles. The molecule has 0 aliphatic carbocycles. The zero-order chi connectivity index (χ0) is 24.8. The number of nitrogens with one attached hydrogen (secondary N) is 2. The minimum Gasteiger partial charge on any atom is -0.480 e. The molecule has 2 atom stereocenters. The molecule has 0 bridgehead atoms. The zero-order valence-corrected chi connectivity index (χ0v) is 19.4. The highest BCUT2D eigenvalue weighted by molar-refractivity contribution is 6.01. The number of carboxylic acid groups (broad SMARTS) is 1. The molecule has 4 rings (SSSR count). The lowest BCUT2D eigenvalue weighted by Gasteiger charge is -2.35. The van der Waals surface area contributed by atoms with Crippen molar-refractivity contribution in [1.82, 2.24) is 10.2 Å². The number of likely N-dealkylation sites (tertiary alicyclic amines) is 1. The van der Waals surface area contributed by atoms with Gasteiger partial charge in [-0.3, -0.25) is 24.6 Å². The van der Waals surface area contributed by atoms with E-state index in [1.165, 1.54) is 6.07 Å². The normalized spacial score (nSPS) is 20.3. The summed E-state index contributed by atoms with van der Waals surface area (Å²) in [7, 11) is 0. The molecule has 2 heterocycles. The van der Waals surface area contributed by atoms with Gasteiger partial charge in [0.15, 0.2) is 0 Å². The first kappa shape index (κ1) is 24.8. The van der Waals surface area contributed by atoms with E-state index in [2.05, 4.69) is 10.6 Å². The number of anilines is 1. The Morgan fingerprint density at radius 2 is 1.89 bits per heavy atom. The highest BCUT2D eigenvalue weighted by Crippen LogP contribution is 2.32. The van der Waals surface area contributed by atoms with E-state index in [0.717, 1.165) is 5.56 Å². The van der Waals surface area contributed by atoms with Gasteiger partial charge in [-0.25, -0.2) is 4.39 Å². The maximum atomic E-state index is 14.9. The van der Waals surface area contributed by atoms with E-state index in [-0.39, 0.29) is 30.7 Å². The van der Waals surface area contributed by atoms with Crippen LogP contribution in [0.15, 0.2) is 48.5 Å². The number of rotatable bonds is 9. The van der Waals surface area contributed by atoms with Crippen molar-refractivity contribution >= 4 is 23.5 Å².